The Morgan fingerprint density at radius 1 is 1.29 bits per heavy atom. The van der Waals surface area contributed by atoms with Crippen molar-refractivity contribution in [2.75, 3.05) is 0 Å². The lowest BCUT2D eigenvalue weighted by atomic mass is 9.80. The highest BCUT2D eigenvalue weighted by Gasteiger charge is 2.41. The third kappa shape index (κ3) is 5.12. The van der Waals surface area contributed by atoms with E-state index in [0.717, 1.165) is 35.7 Å². The van der Waals surface area contributed by atoms with Crippen LogP contribution < -0.4 is 5.32 Å². The molecule has 2 aromatic rings. The van der Waals surface area contributed by atoms with Crippen molar-refractivity contribution >= 4 is 16.8 Å². The topological polar surface area (TPSA) is 42.0 Å². The van der Waals surface area contributed by atoms with Crippen LogP contribution in [0.25, 0.3) is 10.9 Å². The zero-order valence-corrected chi connectivity index (χ0v) is 16.1. The molecule has 3 nitrogen and oxygen atoms in total. The van der Waals surface area contributed by atoms with E-state index >= 15 is 0 Å². The van der Waals surface area contributed by atoms with Gasteiger partial charge in [-0.05, 0) is 57.1 Å². The summed E-state index contributed by atoms with van der Waals surface area (Å²) in [6, 6.07) is 7.32. The van der Waals surface area contributed by atoms with Crippen molar-refractivity contribution in [1.29, 1.82) is 0 Å². The molecule has 0 saturated heterocycles. The second-order valence-electron chi connectivity index (χ2n) is 8.03. The Labute approximate surface area is 163 Å². The maximum atomic E-state index is 13.2. The molecule has 0 fully saturated rings. The van der Waals surface area contributed by atoms with Gasteiger partial charge in [0, 0.05) is 17.1 Å². The summed E-state index contributed by atoms with van der Waals surface area (Å²) in [5.74, 6) is -0.385. The first kappa shape index (κ1) is 20.4. The molecule has 0 radical (unpaired) electrons. The number of allylic oxidation sites excluding steroid dienone is 2. The summed E-state index contributed by atoms with van der Waals surface area (Å²) in [5.41, 5.74) is 0.685. The summed E-state index contributed by atoms with van der Waals surface area (Å²) in [6.07, 6.45) is 2.85. The lowest BCUT2D eigenvalue weighted by Crippen LogP contribution is -2.50. The van der Waals surface area contributed by atoms with Gasteiger partial charge in [-0.2, -0.15) is 13.2 Å². The number of fused-ring (bicyclic) bond motifs is 1. The second kappa shape index (κ2) is 7.94. The van der Waals surface area contributed by atoms with Gasteiger partial charge in [0.15, 0.2) is 0 Å². The number of alkyl halides is 3. The largest absolute Gasteiger partial charge is 0.391 e. The number of nitrogens with one attached hydrogen (secondary N) is 1. The van der Waals surface area contributed by atoms with Gasteiger partial charge in [-0.3, -0.25) is 9.78 Å². The van der Waals surface area contributed by atoms with Crippen LogP contribution in [0.15, 0.2) is 42.6 Å². The minimum Gasteiger partial charge on any atom is -0.346 e. The van der Waals surface area contributed by atoms with Crippen LogP contribution in [-0.2, 0) is 0 Å². The number of halogens is 3. The van der Waals surface area contributed by atoms with E-state index in [9.17, 15) is 18.0 Å². The first-order valence-corrected chi connectivity index (χ1v) is 9.55. The Kier molecular flexibility index (Phi) is 5.77. The normalized spacial score (nSPS) is 19.4. The number of pyridine rings is 1. The van der Waals surface area contributed by atoms with E-state index in [-0.39, 0.29) is 11.5 Å². The molecule has 1 amide bonds. The van der Waals surface area contributed by atoms with Gasteiger partial charge in [-0.25, -0.2) is 0 Å². The summed E-state index contributed by atoms with van der Waals surface area (Å²) in [7, 11) is 0. The molecule has 2 unspecified atom stereocenters. The number of hydrogen-bond acceptors (Lipinski definition) is 2. The van der Waals surface area contributed by atoms with Crippen molar-refractivity contribution in [3.8, 4) is 0 Å². The van der Waals surface area contributed by atoms with E-state index in [4.69, 9.17) is 0 Å². The Morgan fingerprint density at radius 3 is 2.75 bits per heavy atom. The standard InChI is InChI=1S/C22H25F3N2O/c1-15-7-6-10-17-11-18(13-26-19(15)17)20(28)27-21(2,14-22(23,24)25)12-16-8-4-3-5-9-16/h3-4,6-7,10-11,13,16H,5,8-9,12,14H2,1-2H3,(H,27,28). The highest BCUT2D eigenvalue weighted by Crippen LogP contribution is 2.35. The maximum Gasteiger partial charge on any atom is 0.391 e. The molecular formula is C22H25F3N2O. The average molecular weight is 390 g/mol. The molecule has 3 rings (SSSR count). The van der Waals surface area contributed by atoms with Crippen molar-refractivity contribution in [2.24, 2.45) is 5.92 Å². The van der Waals surface area contributed by atoms with Crippen LogP contribution in [0.1, 0.15) is 54.9 Å². The van der Waals surface area contributed by atoms with Crippen molar-refractivity contribution in [2.45, 2.75) is 57.7 Å². The van der Waals surface area contributed by atoms with Gasteiger partial charge in [0.2, 0.25) is 0 Å². The third-order valence-electron chi connectivity index (χ3n) is 5.30. The van der Waals surface area contributed by atoms with E-state index in [0.29, 0.717) is 6.42 Å². The molecule has 1 aromatic carbocycles. The minimum atomic E-state index is -4.36. The molecule has 2 atom stereocenters. The summed E-state index contributed by atoms with van der Waals surface area (Å²) >= 11 is 0. The van der Waals surface area contributed by atoms with Gasteiger partial charge in [0.05, 0.1) is 17.5 Å². The monoisotopic (exact) mass is 390 g/mol. The zero-order valence-electron chi connectivity index (χ0n) is 16.1. The molecule has 0 spiro atoms. The fourth-order valence-corrected chi connectivity index (χ4v) is 4.07. The predicted octanol–water partition coefficient (Wildman–Crippen LogP) is 5.73. The van der Waals surface area contributed by atoms with Gasteiger partial charge in [0.25, 0.3) is 5.91 Å². The Hall–Kier alpha value is -2.37. The number of aryl methyl sites for hydroxylation is 1. The molecule has 1 aromatic heterocycles. The number of hydrogen-bond donors (Lipinski definition) is 1. The van der Waals surface area contributed by atoms with E-state index in [1.54, 1.807) is 6.07 Å². The fraction of sp³-hybridized carbons (Fsp3) is 0.455. The average Bonchev–Trinajstić information content (AvgIpc) is 2.60. The lowest BCUT2D eigenvalue weighted by molar-refractivity contribution is -0.149. The summed E-state index contributed by atoms with van der Waals surface area (Å²) in [6.45, 7) is 3.42. The van der Waals surface area contributed by atoms with Crippen LogP contribution in [0.5, 0.6) is 0 Å². The van der Waals surface area contributed by atoms with Crippen LogP contribution in [0.4, 0.5) is 13.2 Å². The highest BCUT2D eigenvalue weighted by atomic mass is 19.4. The highest BCUT2D eigenvalue weighted by molar-refractivity contribution is 5.98. The van der Waals surface area contributed by atoms with E-state index in [2.05, 4.69) is 16.4 Å². The molecule has 1 heterocycles. The van der Waals surface area contributed by atoms with Gasteiger partial charge >= 0.3 is 6.18 Å². The third-order valence-corrected chi connectivity index (χ3v) is 5.30. The molecule has 0 aliphatic heterocycles. The number of nitrogens with zero attached hydrogens (tertiary/aromatic N) is 1. The van der Waals surface area contributed by atoms with Crippen LogP contribution in [0.2, 0.25) is 0 Å². The number of benzene rings is 1. The van der Waals surface area contributed by atoms with Crippen molar-refractivity contribution in [3.05, 3.63) is 53.7 Å². The molecule has 1 aliphatic rings. The molecule has 6 heteroatoms. The summed E-state index contributed by atoms with van der Waals surface area (Å²) < 4.78 is 39.7. The van der Waals surface area contributed by atoms with E-state index in [1.165, 1.54) is 13.1 Å². The van der Waals surface area contributed by atoms with Crippen molar-refractivity contribution in [1.82, 2.24) is 10.3 Å². The number of carbonyl (C=O) groups is 1. The lowest BCUT2D eigenvalue weighted by Gasteiger charge is -2.35. The SMILES string of the molecule is Cc1cccc2cc(C(=O)NC(C)(CC3CC=CCC3)CC(F)(F)F)cnc12. The zero-order chi connectivity index (χ0) is 20.4. The summed E-state index contributed by atoms with van der Waals surface area (Å²) in [5, 5.41) is 3.46. The quantitative estimate of drug-likeness (QED) is 0.663. The van der Waals surface area contributed by atoms with E-state index in [1.807, 2.05) is 31.2 Å². The smallest absolute Gasteiger partial charge is 0.346 e. The number of amides is 1. The van der Waals surface area contributed by atoms with Crippen LogP contribution in [0, 0.1) is 12.8 Å². The first-order valence-electron chi connectivity index (χ1n) is 9.55. The Bertz CT molecular complexity index is 891. The Balaban J connectivity index is 1.82. The predicted molar refractivity (Wildman–Crippen MR) is 104 cm³/mol. The molecule has 28 heavy (non-hydrogen) atoms. The number of para-hydroxylation sites is 1. The summed E-state index contributed by atoms with van der Waals surface area (Å²) in [4.78, 5) is 17.1. The van der Waals surface area contributed by atoms with Crippen LogP contribution in [-0.4, -0.2) is 22.6 Å². The van der Waals surface area contributed by atoms with Gasteiger partial charge < -0.3 is 5.32 Å². The van der Waals surface area contributed by atoms with Crippen molar-refractivity contribution in [3.63, 3.8) is 0 Å². The number of rotatable bonds is 5. The molecule has 1 aliphatic carbocycles. The van der Waals surface area contributed by atoms with Gasteiger partial charge in [-0.1, -0.05) is 30.4 Å². The van der Waals surface area contributed by atoms with Crippen LogP contribution >= 0.6 is 0 Å². The van der Waals surface area contributed by atoms with E-state index < -0.39 is 24.0 Å². The molecule has 1 N–H and O–H groups in total. The molecule has 0 saturated carbocycles. The number of aromatic nitrogens is 1. The van der Waals surface area contributed by atoms with Crippen molar-refractivity contribution < 1.29 is 18.0 Å². The van der Waals surface area contributed by atoms with Crippen LogP contribution in [0.3, 0.4) is 0 Å². The second-order valence-corrected chi connectivity index (χ2v) is 8.03. The fourth-order valence-electron chi connectivity index (χ4n) is 4.07. The first-order chi connectivity index (χ1) is 13.2. The molecule has 0 bridgehead atoms. The van der Waals surface area contributed by atoms with Gasteiger partial charge in [-0.15, -0.1) is 0 Å². The Morgan fingerprint density at radius 2 is 2.07 bits per heavy atom. The maximum absolute atomic E-state index is 13.2. The number of carbonyl (C=O) groups excluding carboxylic acids is 1. The minimum absolute atomic E-state index is 0.134. The molecule has 150 valence electrons. The molecular weight excluding hydrogens is 365 g/mol. The van der Waals surface area contributed by atoms with Gasteiger partial charge in [0.1, 0.15) is 0 Å².